The topological polar surface area (TPSA) is 58.6 Å². The summed E-state index contributed by atoms with van der Waals surface area (Å²) < 4.78 is 5.43. The van der Waals surface area contributed by atoms with E-state index in [-0.39, 0.29) is 12.5 Å². The molecule has 0 aromatic heterocycles. The van der Waals surface area contributed by atoms with Crippen molar-refractivity contribution in [3.63, 3.8) is 0 Å². The van der Waals surface area contributed by atoms with Gasteiger partial charge in [0.15, 0.2) is 6.61 Å². The van der Waals surface area contributed by atoms with Gasteiger partial charge in [0.2, 0.25) is 0 Å². The predicted octanol–water partition coefficient (Wildman–Crippen LogP) is 2.22. The standard InChI is InChI=1S/C16H23NO3/c1-12(2)13-4-6-14(7-5-13)20-10-15(18)17-11-16(19)8-3-9-16/h4-7,12,19H,3,8-11H2,1-2H3,(H,17,18). The van der Waals surface area contributed by atoms with Crippen molar-refractivity contribution in [1.29, 1.82) is 0 Å². The van der Waals surface area contributed by atoms with Gasteiger partial charge in [0.25, 0.3) is 5.91 Å². The third-order valence-electron chi connectivity index (χ3n) is 3.82. The summed E-state index contributed by atoms with van der Waals surface area (Å²) in [6.45, 7) is 4.57. The fourth-order valence-electron chi connectivity index (χ4n) is 2.17. The highest BCUT2D eigenvalue weighted by atomic mass is 16.5. The van der Waals surface area contributed by atoms with E-state index < -0.39 is 5.60 Å². The minimum atomic E-state index is -0.686. The molecule has 1 aromatic carbocycles. The van der Waals surface area contributed by atoms with Crippen LogP contribution in [0.15, 0.2) is 24.3 Å². The molecule has 0 atom stereocenters. The minimum absolute atomic E-state index is 0.0168. The number of hydrogen-bond acceptors (Lipinski definition) is 3. The van der Waals surface area contributed by atoms with Gasteiger partial charge in [0.1, 0.15) is 5.75 Å². The van der Waals surface area contributed by atoms with Crippen molar-refractivity contribution < 1.29 is 14.6 Å². The second kappa shape index (κ2) is 6.27. The van der Waals surface area contributed by atoms with E-state index in [2.05, 4.69) is 19.2 Å². The molecule has 0 unspecified atom stereocenters. The van der Waals surface area contributed by atoms with Crippen molar-refractivity contribution in [2.24, 2.45) is 0 Å². The van der Waals surface area contributed by atoms with E-state index in [0.717, 1.165) is 19.3 Å². The Labute approximate surface area is 120 Å². The number of rotatable bonds is 6. The van der Waals surface area contributed by atoms with Crippen LogP contribution in [0.25, 0.3) is 0 Å². The van der Waals surface area contributed by atoms with Crippen LogP contribution in [0.2, 0.25) is 0 Å². The van der Waals surface area contributed by atoms with Gasteiger partial charge in [-0.3, -0.25) is 4.79 Å². The number of nitrogens with one attached hydrogen (secondary N) is 1. The number of carbonyl (C=O) groups is 1. The maximum atomic E-state index is 11.6. The molecule has 1 amide bonds. The molecule has 2 rings (SSSR count). The molecule has 4 heteroatoms. The lowest BCUT2D eigenvalue weighted by atomic mass is 9.80. The van der Waals surface area contributed by atoms with Crippen molar-refractivity contribution in [3.05, 3.63) is 29.8 Å². The zero-order valence-electron chi connectivity index (χ0n) is 12.2. The molecule has 1 aliphatic carbocycles. The maximum Gasteiger partial charge on any atom is 0.258 e. The molecule has 0 bridgehead atoms. The molecule has 0 saturated heterocycles. The third kappa shape index (κ3) is 3.97. The van der Waals surface area contributed by atoms with Crippen molar-refractivity contribution in [3.8, 4) is 5.75 Å². The molecule has 110 valence electrons. The Balaban J connectivity index is 1.72. The SMILES string of the molecule is CC(C)c1ccc(OCC(=O)NCC2(O)CCC2)cc1. The maximum absolute atomic E-state index is 11.6. The van der Waals surface area contributed by atoms with Crippen molar-refractivity contribution in [1.82, 2.24) is 5.32 Å². The van der Waals surface area contributed by atoms with E-state index in [0.29, 0.717) is 18.2 Å². The lowest BCUT2D eigenvalue weighted by Crippen LogP contribution is -2.48. The quantitative estimate of drug-likeness (QED) is 0.838. The van der Waals surface area contributed by atoms with E-state index >= 15 is 0 Å². The van der Waals surface area contributed by atoms with Gasteiger partial charge >= 0.3 is 0 Å². The summed E-state index contributed by atoms with van der Waals surface area (Å²) in [4.78, 5) is 11.6. The van der Waals surface area contributed by atoms with E-state index in [1.807, 2.05) is 24.3 Å². The van der Waals surface area contributed by atoms with Gasteiger partial charge in [-0.25, -0.2) is 0 Å². The van der Waals surface area contributed by atoms with Crippen LogP contribution in [0, 0.1) is 0 Å². The monoisotopic (exact) mass is 277 g/mol. The van der Waals surface area contributed by atoms with Crippen LogP contribution in [-0.2, 0) is 4.79 Å². The predicted molar refractivity (Wildman–Crippen MR) is 77.8 cm³/mol. The van der Waals surface area contributed by atoms with Gasteiger partial charge in [-0.2, -0.15) is 0 Å². The third-order valence-corrected chi connectivity index (χ3v) is 3.82. The minimum Gasteiger partial charge on any atom is -0.484 e. The molecular weight excluding hydrogens is 254 g/mol. The first-order chi connectivity index (χ1) is 9.48. The van der Waals surface area contributed by atoms with Crippen molar-refractivity contribution in [2.75, 3.05) is 13.2 Å². The zero-order chi connectivity index (χ0) is 14.6. The number of hydrogen-bond donors (Lipinski definition) is 2. The lowest BCUT2D eigenvalue weighted by molar-refractivity contribution is -0.125. The normalized spacial score (nSPS) is 16.6. The van der Waals surface area contributed by atoms with Gasteiger partial charge in [-0.15, -0.1) is 0 Å². The largest absolute Gasteiger partial charge is 0.484 e. The first-order valence-electron chi connectivity index (χ1n) is 7.20. The smallest absolute Gasteiger partial charge is 0.258 e. The van der Waals surface area contributed by atoms with Gasteiger partial charge in [0, 0.05) is 6.54 Å². The molecule has 1 saturated carbocycles. The first-order valence-corrected chi connectivity index (χ1v) is 7.20. The second-order valence-electron chi connectivity index (χ2n) is 5.87. The Hall–Kier alpha value is -1.55. The summed E-state index contributed by atoms with van der Waals surface area (Å²) in [5.41, 5.74) is 0.559. The molecule has 1 aromatic rings. The molecule has 4 nitrogen and oxygen atoms in total. The number of benzene rings is 1. The van der Waals surface area contributed by atoms with Gasteiger partial charge in [0.05, 0.1) is 5.60 Å². The second-order valence-corrected chi connectivity index (χ2v) is 5.87. The Bertz CT molecular complexity index is 449. The van der Waals surface area contributed by atoms with Crippen LogP contribution in [-0.4, -0.2) is 29.8 Å². The molecule has 2 N–H and O–H groups in total. The first kappa shape index (κ1) is 14.9. The molecule has 1 aliphatic rings. The highest BCUT2D eigenvalue weighted by Crippen LogP contribution is 2.30. The van der Waals surface area contributed by atoms with Crippen LogP contribution in [0.3, 0.4) is 0 Å². The molecule has 0 spiro atoms. The molecular formula is C16H23NO3. The Morgan fingerprint density at radius 3 is 2.50 bits per heavy atom. The highest BCUT2D eigenvalue weighted by molar-refractivity contribution is 5.77. The average Bonchev–Trinajstić information content (AvgIpc) is 2.41. The summed E-state index contributed by atoms with van der Waals surface area (Å²) in [6, 6.07) is 7.77. The van der Waals surface area contributed by atoms with Crippen LogP contribution in [0.5, 0.6) is 5.75 Å². The molecule has 0 radical (unpaired) electrons. The van der Waals surface area contributed by atoms with E-state index in [9.17, 15) is 9.90 Å². The summed E-state index contributed by atoms with van der Waals surface area (Å²) >= 11 is 0. The van der Waals surface area contributed by atoms with Crippen LogP contribution in [0.1, 0.15) is 44.6 Å². The lowest BCUT2D eigenvalue weighted by Gasteiger charge is -2.36. The van der Waals surface area contributed by atoms with E-state index in [1.165, 1.54) is 5.56 Å². The summed E-state index contributed by atoms with van der Waals surface area (Å²) in [7, 11) is 0. The van der Waals surface area contributed by atoms with Gasteiger partial charge < -0.3 is 15.2 Å². The fourth-order valence-corrected chi connectivity index (χ4v) is 2.17. The molecule has 1 fully saturated rings. The van der Waals surface area contributed by atoms with Gasteiger partial charge in [-0.1, -0.05) is 26.0 Å². The number of carbonyl (C=O) groups excluding carboxylic acids is 1. The summed E-state index contributed by atoms with van der Waals surface area (Å²) in [5, 5.41) is 12.6. The average molecular weight is 277 g/mol. The van der Waals surface area contributed by atoms with Crippen LogP contribution >= 0.6 is 0 Å². The number of aliphatic hydroxyl groups is 1. The Morgan fingerprint density at radius 1 is 1.35 bits per heavy atom. The van der Waals surface area contributed by atoms with Crippen molar-refractivity contribution >= 4 is 5.91 Å². The Morgan fingerprint density at radius 2 is 2.00 bits per heavy atom. The number of ether oxygens (including phenoxy) is 1. The summed E-state index contributed by atoms with van der Waals surface area (Å²) in [5.74, 6) is 0.973. The summed E-state index contributed by atoms with van der Waals surface area (Å²) in [6.07, 6.45) is 2.57. The number of amides is 1. The van der Waals surface area contributed by atoms with Gasteiger partial charge in [-0.05, 0) is 42.9 Å². The van der Waals surface area contributed by atoms with Crippen molar-refractivity contribution in [2.45, 2.75) is 44.6 Å². The Kier molecular flexibility index (Phi) is 4.65. The zero-order valence-corrected chi connectivity index (χ0v) is 12.2. The molecule has 0 aliphatic heterocycles. The molecule has 0 heterocycles. The fraction of sp³-hybridized carbons (Fsp3) is 0.562. The van der Waals surface area contributed by atoms with Crippen LogP contribution < -0.4 is 10.1 Å². The van der Waals surface area contributed by atoms with Crippen LogP contribution in [0.4, 0.5) is 0 Å². The highest BCUT2D eigenvalue weighted by Gasteiger charge is 2.34. The van der Waals surface area contributed by atoms with E-state index in [1.54, 1.807) is 0 Å². The van der Waals surface area contributed by atoms with E-state index in [4.69, 9.17) is 4.74 Å². The molecule has 20 heavy (non-hydrogen) atoms.